The molecule has 0 radical (unpaired) electrons. The van der Waals surface area contributed by atoms with Gasteiger partial charge in [-0.25, -0.2) is 0 Å². The predicted octanol–water partition coefficient (Wildman–Crippen LogP) is 4.61. The van der Waals surface area contributed by atoms with Gasteiger partial charge in [-0.1, -0.05) is 0 Å². The van der Waals surface area contributed by atoms with Crippen LogP contribution in [0.5, 0.6) is 0 Å². The molecule has 8 heteroatoms. The molecule has 1 atom stereocenters. The highest BCUT2D eigenvalue weighted by molar-refractivity contribution is 5.57. The van der Waals surface area contributed by atoms with Gasteiger partial charge < -0.3 is 14.5 Å². The molecule has 30 heavy (non-hydrogen) atoms. The molecular formula is C22H25F3N4O. The van der Waals surface area contributed by atoms with E-state index < -0.39 is 11.7 Å². The van der Waals surface area contributed by atoms with E-state index in [0.29, 0.717) is 25.4 Å². The van der Waals surface area contributed by atoms with E-state index >= 15 is 0 Å². The number of alkyl halides is 3. The first-order chi connectivity index (χ1) is 14.4. The summed E-state index contributed by atoms with van der Waals surface area (Å²) in [5, 5.41) is 9.06. The van der Waals surface area contributed by atoms with E-state index in [9.17, 15) is 13.2 Å². The first-order valence-corrected chi connectivity index (χ1v) is 9.93. The monoisotopic (exact) mass is 418 g/mol. The summed E-state index contributed by atoms with van der Waals surface area (Å²) in [7, 11) is 1.64. The number of hydrogen-bond acceptors (Lipinski definition) is 5. The van der Waals surface area contributed by atoms with E-state index in [0.717, 1.165) is 36.7 Å². The topological polar surface area (TPSA) is 52.4 Å². The van der Waals surface area contributed by atoms with Crippen molar-refractivity contribution in [1.82, 2.24) is 4.98 Å². The van der Waals surface area contributed by atoms with Crippen LogP contribution in [0.2, 0.25) is 0 Å². The number of methoxy groups -OCH3 is 1. The lowest BCUT2D eigenvalue weighted by molar-refractivity contribution is -0.137. The second-order valence-corrected chi connectivity index (χ2v) is 7.30. The van der Waals surface area contributed by atoms with Crippen LogP contribution < -0.4 is 9.80 Å². The minimum Gasteiger partial charge on any atom is -0.380 e. The number of piperidine rings is 1. The Hall–Kier alpha value is -2.79. The number of likely N-dealkylation sites (N-methyl/N-ethyl adjacent to an activating group) is 1. The molecule has 160 valence electrons. The van der Waals surface area contributed by atoms with Crippen LogP contribution in [0.15, 0.2) is 36.7 Å². The number of hydrogen-bond donors (Lipinski definition) is 0. The number of anilines is 2. The quantitative estimate of drug-likeness (QED) is 0.686. The number of aromatic nitrogens is 1. The van der Waals surface area contributed by atoms with Gasteiger partial charge >= 0.3 is 6.18 Å². The Balaban J connectivity index is 1.88. The standard InChI is InChI=1S/C22H25F3N4O/c1-3-29(18-7-6-16(12-26)20(11-18)22(23,24)25)19-5-4-10-28(14-19)21-13-27-9-8-17(21)15-30-2/h6-9,11,13,19H,3-5,10,14-15H2,1-2H3. The summed E-state index contributed by atoms with van der Waals surface area (Å²) in [6, 6.07) is 7.59. The molecule has 0 N–H and O–H groups in total. The molecule has 1 fully saturated rings. The summed E-state index contributed by atoms with van der Waals surface area (Å²) < 4.78 is 45.6. The van der Waals surface area contributed by atoms with Crippen LogP contribution in [0, 0.1) is 11.3 Å². The smallest absolute Gasteiger partial charge is 0.380 e. The summed E-state index contributed by atoms with van der Waals surface area (Å²) in [6.45, 7) is 4.51. The minimum atomic E-state index is -4.57. The zero-order valence-corrected chi connectivity index (χ0v) is 17.1. The highest BCUT2D eigenvalue weighted by Gasteiger charge is 2.35. The van der Waals surface area contributed by atoms with E-state index in [4.69, 9.17) is 10.00 Å². The van der Waals surface area contributed by atoms with Gasteiger partial charge in [-0.15, -0.1) is 0 Å². The van der Waals surface area contributed by atoms with Crippen LogP contribution in [0.1, 0.15) is 36.5 Å². The molecule has 1 aliphatic heterocycles. The molecule has 0 saturated carbocycles. The maximum atomic E-state index is 13.4. The molecule has 2 aromatic rings. The van der Waals surface area contributed by atoms with Crippen molar-refractivity contribution in [2.24, 2.45) is 0 Å². The van der Waals surface area contributed by atoms with Crippen LogP contribution >= 0.6 is 0 Å². The Kier molecular flexibility index (Phi) is 6.83. The second kappa shape index (κ2) is 9.35. The van der Waals surface area contributed by atoms with Gasteiger partial charge in [-0.05, 0) is 44.0 Å². The van der Waals surface area contributed by atoms with Gasteiger partial charge in [0.05, 0.1) is 35.7 Å². The fraction of sp³-hybridized carbons (Fsp3) is 0.455. The number of nitrogens with zero attached hydrogens (tertiary/aromatic N) is 4. The molecule has 0 amide bonds. The summed E-state index contributed by atoms with van der Waals surface area (Å²) >= 11 is 0. The van der Waals surface area contributed by atoms with Gasteiger partial charge in [-0.2, -0.15) is 18.4 Å². The Morgan fingerprint density at radius 3 is 2.80 bits per heavy atom. The van der Waals surface area contributed by atoms with E-state index in [1.165, 1.54) is 6.07 Å². The molecular weight excluding hydrogens is 393 g/mol. The van der Waals surface area contributed by atoms with Crippen molar-refractivity contribution in [2.45, 2.75) is 38.6 Å². The van der Waals surface area contributed by atoms with E-state index in [-0.39, 0.29) is 11.6 Å². The Bertz CT molecular complexity index is 910. The number of nitriles is 1. The SMILES string of the molecule is CCN(c1ccc(C#N)c(C(F)(F)F)c1)C1CCCN(c2cnccc2COC)C1. The summed E-state index contributed by atoms with van der Waals surface area (Å²) in [6.07, 6.45) is 0.782. The molecule has 1 aromatic carbocycles. The van der Waals surface area contributed by atoms with Crippen molar-refractivity contribution in [3.8, 4) is 6.07 Å². The van der Waals surface area contributed by atoms with Gasteiger partial charge in [0.25, 0.3) is 0 Å². The Labute approximate surface area is 174 Å². The fourth-order valence-electron chi connectivity index (χ4n) is 4.10. The van der Waals surface area contributed by atoms with E-state index in [1.807, 2.05) is 24.1 Å². The third-order valence-corrected chi connectivity index (χ3v) is 5.47. The fourth-order valence-corrected chi connectivity index (χ4v) is 4.10. The van der Waals surface area contributed by atoms with Crippen molar-refractivity contribution in [1.29, 1.82) is 5.26 Å². The summed E-state index contributed by atoms with van der Waals surface area (Å²) in [5.41, 5.74) is 1.28. The first kappa shape index (κ1) is 21.9. The molecule has 0 bridgehead atoms. The first-order valence-electron chi connectivity index (χ1n) is 9.93. The largest absolute Gasteiger partial charge is 0.417 e. The lowest BCUT2D eigenvalue weighted by Crippen LogP contribution is -2.48. The maximum Gasteiger partial charge on any atom is 0.417 e. The highest BCUT2D eigenvalue weighted by atomic mass is 19.4. The lowest BCUT2D eigenvalue weighted by atomic mass is 10.0. The van der Waals surface area contributed by atoms with Gasteiger partial charge in [0.15, 0.2) is 0 Å². The predicted molar refractivity (Wildman–Crippen MR) is 109 cm³/mol. The van der Waals surface area contributed by atoms with Gasteiger partial charge in [0.2, 0.25) is 0 Å². The summed E-state index contributed by atoms with van der Waals surface area (Å²) in [4.78, 5) is 8.47. The van der Waals surface area contributed by atoms with Crippen LogP contribution in [0.4, 0.5) is 24.5 Å². The third-order valence-electron chi connectivity index (χ3n) is 5.47. The van der Waals surface area contributed by atoms with E-state index in [2.05, 4.69) is 9.88 Å². The Morgan fingerprint density at radius 2 is 2.13 bits per heavy atom. The molecule has 1 unspecified atom stereocenters. The lowest BCUT2D eigenvalue weighted by Gasteiger charge is -2.41. The average Bonchev–Trinajstić information content (AvgIpc) is 2.74. The van der Waals surface area contributed by atoms with Crippen molar-refractivity contribution >= 4 is 11.4 Å². The molecule has 2 heterocycles. The van der Waals surface area contributed by atoms with Gasteiger partial charge in [0.1, 0.15) is 0 Å². The molecule has 1 aliphatic rings. The number of benzene rings is 1. The molecule has 5 nitrogen and oxygen atoms in total. The maximum absolute atomic E-state index is 13.4. The van der Waals surface area contributed by atoms with Crippen molar-refractivity contribution in [3.05, 3.63) is 53.3 Å². The number of pyridine rings is 1. The summed E-state index contributed by atoms with van der Waals surface area (Å²) in [5.74, 6) is 0. The number of halogens is 3. The zero-order chi connectivity index (χ0) is 21.7. The van der Waals surface area contributed by atoms with Crippen LogP contribution in [0.3, 0.4) is 0 Å². The molecule has 1 aromatic heterocycles. The highest BCUT2D eigenvalue weighted by Crippen LogP contribution is 2.36. The average molecular weight is 418 g/mol. The Morgan fingerprint density at radius 1 is 1.33 bits per heavy atom. The molecule has 0 spiro atoms. The van der Waals surface area contributed by atoms with Crippen LogP contribution in [-0.2, 0) is 17.5 Å². The number of ether oxygens (including phenoxy) is 1. The van der Waals surface area contributed by atoms with Gasteiger partial charge in [-0.3, -0.25) is 4.98 Å². The molecule has 3 rings (SSSR count). The van der Waals surface area contributed by atoms with Crippen LogP contribution in [-0.4, -0.2) is 37.8 Å². The number of rotatable bonds is 6. The second-order valence-electron chi connectivity index (χ2n) is 7.30. The zero-order valence-electron chi connectivity index (χ0n) is 17.1. The van der Waals surface area contributed by atoms with Crippen molar-refractivity contribution in [3.63, 3.8) is 0 Å². The van der Waals surface area contributed by atoms with Crippen molar-refractivity contribution < 1.29 is 17.9 Å². The van der Waals surface area contributed by atoms with Crippen molar-refractivity contribution in [2.75, 3.05) is 36.5 Å². The third kappa shape index (κ3) is 4.68. The molecule has 0 aliphatic carbocycles. The minimum absolute atomic E-state index is 0.0494. The van der Waals surface area contributed by atoms with Gasteiger partial charge in [0, 0.05) is 50.2 Å². The van der Waals surface area contributed by atoms with E-state index in [1.54, 1.807) is 25.4 Å². The normalized spacial score (nSPS) is 16.9. The van der Waals surface area contributed by atoms with Crippen LogP contribution in [0.25, 0.3) is 0 Å². The molecule has 1 saturated heterocycles.